The van der Waals surface area contributed by atoms with Gasteiger partial charge in [-0.25, -0.2) is 4.90 Å². The first-order valence-corrected chi connectivity index (χ1v) is 14.9. The summed E-state index contributed by atoms with van der Waals surface area (Å²) in [6.07, 6.45) is 0. The van der Waals surface area contributed by atoms with Crippen molar-refractivity contribution in [1.29, 1.82) is 0 Å². The van der Waals surface area contributed by atoms with Gasteiger partial charge in [-0.1, -0.05) is 58.4 Å². The molecule has 0 aliphatic carbocycles. The number of thioether (sulfide) groups is 1. The molecular weight excluding hydrogens is 605 g/mol. The highest BCUT2D eigenvalue weighted by Gasteiger charge is 2.56. The van der Waals surface area contributed by atoms with E-state index in [0.717, 1.165) is 28.7 Å². The van der Waals surface area contributed by atoms with Crippen LogP contribution in [0.1, 0.15) is 16.4 Å². The van der Waals surface area contributed by atoms with Gasteiger partial charge in [0.25, 0.3) is 0 Å². The second-order valence-electron chi connectivity index (χ2n) is 9.48. The number of amides is 3. The molecule has 3 atom stereocenters. The summed E-state index contributed by atoms with van der Waals surface area (Å²) in [5, 5.41) is 3.51. The first-order chi connectivity index (χ1) is 19.7. The molecule has 3 amide bonds. The number of methoxy groups -OCH3 is 1. The first-order valence-electron chi connectivity index (χ1n) is 12.5. The average Bonchev–Trinajstić information content (AvgIpc) is 3.41. The molecule has 0 spiro atoms. The van der Waals surface area contributed by atoms with Gasteiger partial charge >= 0.3 is 4.87 Å². The van der Waals surface area contributed by atoms with Gasteiger partial charge in [-0.3, -0.25) is 23.7 Å². The normalized spacial score (nSPS) is 19.6. The van der Waals surface area contributed by atoms with Crippen molar-refractivity contribution in [1.82, 2.24) is 4.57 Å². The Hall–Kier alpha value is -3.57. The van der Waals surface area contributed by atoms with Crippen LogP contribution in [0.3, 0.4) is 0 Å². The molecule has 1 saturated heterocycles. The Morgan fingerprint density at radius 3 is 2.17 bits per heavy atom. The van der Waals surface area contributed by atoms with E-state index in [4.69, 9.17) is 27.9 Å². The molecule has 0 saturated carbocycles. The van der Waals surface area contributed by atoms with Crippen LogP contribution in [0, 0.1) is 5.92 Å². The van der Waals surface area contributed by atoms with Crippen LogP contribution >= 0.6 is 46.3 Å². The molecule has 1 N–H and O–H groups in total. The van der Waals surface area contributed by atoms with Crippen LogP contribution < -0.4 is 19.8 Å². The van der Waals surface area contributed by atoms with Crippen molar-refractivity contribution in [3.63, 3.8) is 0 Å². The highest BCUT2D eigenvalue weighted by atomic mass is 35.5. The van der Waals surface area contributed by atoms with Crippen molar-refractivity contribution < 1.29 is 19.1 Å². The predicted octanol–water partition coefficient (Wildman–Crippen LogP) is 5.66. The number of thiazole rings is 1. The maximum atomic E-state index is 13.9. The Kier molecular flexibility index (Phi) is 7.41. The van der Waals surface area contributed by atoms with E-state index in [1.807, 2.05) is 12.1 Å². The second kappa shape index (κ2) is 11.0. The van der Waals surface area contributed by atoms with E-state index >= 15 is 0 Å². The molecule has 8 nitrogen and oxygen atoms in total. The fourth-order valence-electron chi connectivity index (χ4n) is 5.15. The number of hydrogen-bond donors (Lipinski definition) is 1. The summed E-state index contributed by atoms with van der Waals surface area (Å²) < 4.78 is 6.69. The number of nitrogens with one attached hydrogen (secondary N) is 1. The molecule has 2 aliphatic rings. The van der Waals surface area contributed by atoms with Crippen molar-refractivity contribution in [2.24, 2.45) is 5.92 Å². The third-order valence-electron chi connectivity index (χ3n) is 7.04. The summed E-state index contributed by atoms with van der Waals surface area (Å²) in [6.45, 7) is -0.254. The van der Waals surface area contributed by atoms with Crippen molar-refractivity contribution in [3.05, 3.63) is 103 Å². The molecule has 4 aromatic rings. The average molecular weight is 627 g/mol. The van der Waals surface area contributed by atoms with E-state index < -0.39 is 23.0 Å². The SMILES string of the molecule is COc1ccc([C@@H]2c3sc(=O)n(CC(=O)Nc4ccc(Cl)cc4)c3S[C@@H]3C(=O)N(c4ccc(Cl)cc4)C(=O)[C@H]23)cc1. The van der Waals surface area contributed by atoms with E-state index in [9.17, 15) is 19.2 Å². The van der Waals surface area contributed by atoms with Crippen LogP contribution in [0.4, 0.5) is 11.4 Å². The van der Waals surface area contributed by atoms with E-state index in [0.29, 0.717) is 37.1 Å². The maximum absolute atomic E-state index is 13.9. The number of hydrogen-bond acceptors (Lipinski definition) is 7. The fourth-order valence-corrected chi connectivity index (χ4v) is 8.17. The number of carbonyl (C=O) groups is 3. The molecule has 41 heavy (non-hydrogen) atoms. The Morgan fingerprint density at radius 1 is 0.902 bits per heavy atom. The molecule has 3 aromatic carbocycles. The lowest BCUT2D eigenvalue weighted by molar-refractivity contribution is -0.122. The van der Waals surface area contributed by atoms with Gasteiger partial charge in [0.05, 0.1) is 23.7 Å². The number of anilines is 2. The quantitative estimate of drug-likeness (QED) is 0.278. The van der Waals surface area contributed by atoms with Crippen molar-refractivity contribution in [3.8, 4) is 5.75 Å². The van der Waals surface area contributed by atoms with Crippen LogP contribution in [-0.4, -0.2) is 34.6 Å². The number of benzene rings is 3. The minimum absolute atomic E-state index is 0.254. The van der Waals surface area contributed by atoms with Gasteiger partial charge < -0.3 is 10.1 Å². The number of carbonyl (C=O) groups excluding carboxylic acids is 3. The number of aromatic nitrogens is 1. The van der Waals surface area contributed by atoms with Gasteiger partial charge in [0.1, 0.15) is 17.5 Å². The topological polar surface area (TPSA) is 97.7 Å². The van der Waals surface area contributed by atoms with Gasteiger partial charge in [-0.15, -0.1) is 0 Å². The number of ether oxygens (including phenoxy) is 1. The zero-order valence-corrected chi connectivity index (χ0v) is 24.5. The maximum Gasteiger partial charge on any atom is 0.308 e. The summed E-state index contributed by atoms with van der Waals surface area (Å²) in [5.74, 6) is -1.83. The lowest BCUT2D eigenvalue weighted by Gasteiger charge is -2.30. The molecule has 12 heteroatoms. The van der Waals surface area contributed by atoms with Crippen LogP contribution in [0.25, 0.3) is 0 Å². The summed E-state index contributed by atoms with van der Waals surface area (Å²) in [5.41, 5.74) is 1.73. The lowest BCUT2D eigenvalue weighted by atomic mass is 9.83. The molecule has 2 aliphatic heterocycles. The molecule has 1 aromatic heterocycles. The lowest BCUT2D eigenvalue weighted by Crippen LogP contribution is -2.33. The monoisotopic (exact) mass is 625 g/mol. The molecule has 6 rings (SSSR count). The van der Waals surface area contributed by atoms with Gasteiger partial charge in [0.2, 0.25) is 17.7 Å². The number of halogens is 2. The molecular formula is C29H21Cl2N3O5S2. The highest BCUT2D eigenvalue weighted by Crippen LogP contribution is 2.54. The van der Waals surface area contributed by atoms with Crippen molar-refractivity contribution in [2.45, 2.75) is 22.7 Å². The zero-order chi connectivity index (χ0) is 28.8. The van der Waals surface area contributed by atoms with E-state index in [-0.39, 0.29) is 23.2 Å². The molecule has 208 valence electrons. The predicted molar refractivity (Wildman–Crippen MR) is 161 cm³/mol. The Morgan fingerprint density at radius 2 is 1.54 bits per heavy atom. The Bertz CT molecular complexity index is 1720. The molecule has 0 bridgehead atoms. The summed E-state index contributed by atoms with van der Waals surface area (Å²) >= 11 is 14.1. The van der Waals surface area contributed by atoms with E-state index in [1.54, 1.807) is 67.8 Å². The molecule has 0 unspecified atom stereocenters. The molecule has 1 fully saturated rings. The van der Waals surface area contributed by atoms with Crippen molar-refractivity contribution in [2.75, 3.05) is 17.3 Å². The second-order valence-corrected chi connectivity index (χ2v) is 12.5. The summed E-state index contributed by atoms with van der Waals surface area (Å²) in [4.78, 5) is 55.5. The third-order valence-corrected chi connectivity index (χ3v) is 10.1. The van der Waals surface area contributed by atoms with Crippen LogP contribution in [0.15, 0.2) is 82.6 Å². The van der Waals surface area contributed by atoms with Gasteiger partial charge in [-0.2, -0.15) is 0 Å². The van der Waals surface area contributed by atoms with Crippen LogP contribution in [0.2, 0.25) is 10.0 Å². The number of fused-ring (bicyclic) bond motifs is 2. The highest BCUT2D eigenvalue weighted by molar-refractivity contribution is 8.00. The van der Waals surface area contributed by atoms with Gasteiger partial charge in [0.15, 0.2) is 0 Å². The van der Waals surface area contributed by atoms with Crippen LogP contribution in [0.5, 0.6) is 5.75 Å². The van der Waals surface area contributed by atoms with Crippen LogP contribution in [-0.2, 0) is 20.9 Å². The first kappa shape index (κ1) is 27.6. The van der Waals surface area contributed by atoms with Crippen molar-refractivity contribution >= 4 is 75.4 Å². The van der Waals surface area contributed by atoms with Gasteiger partial charge in [0, 0.05) is 26.5 Å². The third kappa shape index (κ3) is 5.05. The van der Waals surface area contributed by atoms with E-state index in [2.05, 4.69) is 5.32 Å². The number of rotatable bonds is 6. The summed E-state index contributed by atoms with van der Waals surface area (Å²) in [7, 11) is 1.56. The standard InChI is InChI=1S/C29H21Cl2N3O5S2/c1-39-20-12-2-15(3-13-20)22-23-24(27(37)34(26(23)36)19-10-6-17(31)7-11-19)40-28-25(22)41-29(38)33(28)14-21(35)32-18-8-4-16(30)5-9-18/h2-13,22-24H,14H2,1H3,(H,32,35)/t22-,23+,24-/m0/s1. The fraction of sp³-hybridized carbons (Fsp3) is 0.172. The zero-order valence-electron chi connectivity index (χ0n) is 21.4. The Labute approximate surface area is 252 Å². The number of imide groups is 1. The van der Waals surface area contributed by atoms with E-state index in [1.165, 1.54) is 9.47 Å². The molecule has 0 radical (unpaired) electrons. The largest absolute Gasteiger partial charge is 0.497 e. The minimum Gasteiger partial charge on any atom is -0.497 e. The smallest absolute Gasteiger partial charge is 0.308 e. The molecule has 3 heterocycles. The minimum atomic E-state index is -0.794. The van der Waals surface area contributed by atoms with Gasteiger partial charge in [-0.05, 0) is 66.2 Å². The number of nitrogens with zero attached hydrogens (tertiary/aromatic N) is 2. The summed E-state index contributed by atoms with van der Waals surface area (Å²) in [6, 6.07) is 20.4. The Balaban J connectivity index is 1.40.